The average molecular weight is 531 g/mol. The molecule has 2 saturated carbocycles. The van der Waals surface area contributed by atoms with Gasteiger partial charge in [-0.1, -0.05) is 12.1 Å². The molecule has 204 valence electrons. The number of likely N-dealkylation sites (tertiary alicyclic amines) is 1. The zero-order chi connectivity index (χ0) is 26.8. The number of halogens is 1. The van der Waals surface area contributed by atoms with Gasteiger partial charge in [0.1, 0.15) is 12.0 Å². The van der Waals surface area contributed by atoms with Gasteiger partial charge in [0.15, 0.2) is 12.0 Å². The van der Waals surface area contributed by atoms with E-state index < -0.39 is 11.6 Å². The van der Waals surface area contributed by atoms with Crippen LogP contribution in [-0.2, 0) is 17.2 Å². The van der Waals surface area contributed by atoms with Crippen LogP contribution in [0, 0.1) is 5.41 Å². The third-order valence-corrected chi connectivity index (χ3v) is 9.42. The number of benzene rings is 1. The van der Waals surface area contributed by atoms with Crippen LogP contribution in [0.15, 0.2) is 42.7 Å². The van der Waals surface area contributed by atoms with Gasteiger partial charge >= 0.3 is 0 Å². The Morgan fingerprint density at radius 2 is 2.00 bits per heavy atom. The quantitative estimate of drug-likeness (QED) is 0.448. The third kappa shape index (κ3) is 4.45. The Morgan fingerprint density at radius 1 is 1.18 bits per heavy atom. The molecule has 4 fully saturated rings. The van der Waals surface area contributed by atoms with Crippen molar-refractivity contribution >= 4 is 11.6 Å². The number of nitrogens with zero attached hydrogens (tertiary/aromatic N) is 5. The Labute approximate surface area is 228 Å². The maximum Gasteiger partial charge on any atom is 0.274 e. The van der Waals surface area contributed by atoms with E-state index in [4.69, 9.17) is 9.72 Å². The maximum atomic E-state index is 15.8. The van der Waals surface area contributed by atoms with Gasteiger partial charge in [0.05, 0.1) is 18.6 Å². The molecule has 1 unspecified atom stereocenters. The van der Waals surface area contributed by atoms with Crippen molar-refractivity contribution in [3.63, 3.8) is 0 Å². The van der Waals surface area contributed by atoms with Gasteiger partial charge in [0.25, 0.3) is 5.91 Å². The average Bonchev–Trinajstić information content (AvgIpc) is 3.81. The lowest BCUT2D eigenvalue weighted by Gasteiger charge is -2.43. The number of rotatable bonds is 8. The summed E-state index contributed by atoms with van der Waals surface area (Å²) < 4.78 is 22.9. The molecule has 39 heavy (non-hydrogen) atoms. The van der Waals surface area contributed by atoms with Gasteiger partial charge in [-0.2, -0.15) is 0 Å². The van der Waals surface area contributed by atoms with E-state index in [1.54, 1.807) is 11.6 Å². The number of ether oxygens (including phenoxy) is 1. The summed E-state index contributed by atoms with van der Waals surface area (Å²) in [7, 11) is 1.73. The number of hydrogen-bond donors (Lipinski definition) is 1. The second-order valence-electron chi connectivity index (χ2n) is 12.2. The smallest absolute Gasteiger partial charge is 0.274 e. The van der Waals surface area contributed by atoms with E-state index in [1.807, 2.05) is 30.3 Å². The highest BCUT2D eigenvalue weighted by molar-refractivity contribution is 6.03. The zero-order valence-electron chi connectivity index (χ0n) is 22.6. The summed E-state index contributed by atoms with van der Waals surface area (Å²) in [5.74, 6) is 0.467. The molecule has 2 atom stereocenters. The normalized spacial score (nSPS) is 22.8. The molecule has 1 amide bonds. The van der Waals surface area contributed by atoms with Crippen molar-refractivity contribution in [1.29, 1.82) is 0 Å². The van der Waals surface area contributed by atoms with Crippen LogP contribution in [-0.4, -0.2) is 56.9 Å². The van der Waals surface area contributed by atoms with Crippen molar-refractivity contribution in [2.24, 2.45) is 12.5 Å². The predicted molar refractivity (Wildman–Crippen MR) is 144 cm³/mol. The lowest BCUT2D eigenvalue weighted by atomic mass is 9.74. The van der Waals surface area contributed by atoms with E-state index in [2.05, 4.69) is 33.4 Å². The second-order valence-corrected chi connectivity index (χ2v) is 12.2. The summed E-state index contributed by atoms with van der Waals surface area (Å²) in [6.07, 6.45) is 6.35. The molecule has 2 saturated heterocycles. The first-order chi connectivity index (χ1) is 18.9. The lowest BCUT2D eigenvalue weighted by Crippen LogP contribution is -2.50. The van der Waals surface area contributed by atoms with E-state index in [-0.39, 0.29) is 31.0 Å². The molecule has 2 aliphatic heterocycles. The standard InChI is InChI=1S/C30H35FN6O2/c1-19(37-11-10-29(15-37)8-9-29)21-12-24(20-6-7-20)34-25(13-21)28(38)33-23-5-3-4-22(14-23)30(16-39-17-30)26(31)27-35-32-18-36(27)2/h3-5,12-14,18-20,26H,6-11,15-17H2,1-2H3,(H,33,38)/t19?,26-/m0/s1. The summed E-state index contributed by atoms with van der Waals surface area (Å²) >= 11 is 0. The van der Waals surface area contributed by atoms with Gasteiger partial charge < -0.3 is 14.6 Å². The minimum absolute atomic E-state index is 0.239. The van der Waals surface area contributed by atoms with E-state index in [0.717, 1.165) is 42.8 Å². The predicted octanol–water partition coefficient (Wildman–Crippen LogP) is 4.87. The van der Waals surface area contributed by atoms with Gasteiger partial charge in [-0.25, -0.2) is 9.37 Å². The van der Waals surface area contributed by atoms with E-state index >= 15 is 4.39 Å². The van der Waals surface area contributed by atoms with Crippen molar-refractivity contribution in [3.05, 3.63) is 71.1 Å². The Kier molecular flexibility index (Phi) is 5.86. The van der Waals surface area contributed by atoms with Crippen molar-refractivity contribution < 1.29 is 13.9 Å². The largest absolute Gasteiger partial charge is 0.379 e. The number of carbonyl (C=O) groups is 1. The second kappa shape index (κ2) is 9.20. The molecular weight excluding hydrogens is 495 g/mol. The van der Waals surface area contributed by atoms with Crippen LogP contribution >= 0.6 is 0 Å². The van der Waals surface area contributed by atoms with E-state index in [1.165, 1.54) is 25.6 Å². The Bertz CT molecular complexity index is 1410. The van der Waals surface area contributed by atoms with Gasteiger partial charge in [-0.3, -0.25) is 9.69 Å². The minimum atomic E-state index is -1.38. The molecule has 2 aromatic heterocycles. The van der Waals surface area contributed by atoms with Crippen molar-refractivity contribution in [2.75, 3.05) is 31.6 Å². The van der Waals surface area contributed by atoms with Crippen LogP contribution in [0.25, 0.3) is 0 Å². The third-order valence-electron chi connectivity index (χ3n) is 9.42. The van der Waals surface area contributed by atoms with Crippen molar-refractivity contribution in [1.82, 2.24) is 24.6 Å². The van der Waals surface area contributed by atoms with Crippen molar-refractivity contribution in [2.45, 2.75) is 62.6 Å². The summed E-state index contributed by atoms with van der Waals surface area (Å²) in [5.41, 5.74) is 3.68. The van der Waals surface area contributed by atoms with E-state index in [0.29, 0.717) is 22.7 Å². The van der Waals surface area contributed by atoms with Crippen molar-refractivity contribution in [3.8, 4) is 0 Å². The molecular formula is C30H35FN6O2. The lowest BCUT2D eigenvalue weighted by molar-refractivity contribution is -0.102. The molecule has 8 nitrogen and oxygen atoms in total. The number of aromatic nitrogens is 4. The SMILES string of the molecule is CC(c1cc(C(=O)Nc2cccc(C3([C@@H](F)c4nncn4C)COC3)c2)nc(C2CC2)c1)N1CCC2(CC2)C1. The van der Waals surface area contributed by atoms with Crippen LogP contribution < -0.4 is 5.32 Å². The number of aryl methyl sites for hydroxylation is 1. The fraction of sp³-hybridized carbons (Fsp3) is 0.533. The molecule has 4 aliphatic rings. The highest BCUT2D eigenvalue weighted by Crippen LogP contribution is 2.54. The molecule has 4 heterocycles. The number of hydrogen-bond acceptors (Lipinski definition) is 6. The molecule has 9 heteroatoms. The Hall–Kier alpha value is -3.17. The fourth-order valence-corrected chi connectivity index (χ4v) is 6.27. The summed E-state index contributed by atoms with van der Waals surface area (Å²) in [6, 6.07) is 11.8. The summed E-state index contributed by atoms with van der Waals surface area (Å²) in [6.45, 7) is 5.00. The molecule has 0 radical (unpaired) electrons. The van der Waals surface area contributed by atoms with Gasteiger partial charge in [0.2, 0.25) is 0 Å². The number of anilines is 1. The summed E-state index contributed by atoms with van der Waals surface area (Å²) in [4.78, 5) is 20.9. The number of carbonyl (C=O) groups excluding carboxylic acids is 1. The number of amides is 1. The monoisotopic (exact) mass is 530 g/mol. The number of pyridine rings is 1. The molecule has 7 rings (SSSR count). The molecule has 1 spiro atoms. The van der Waals surface area contributed by atoms with Crippen LogP contribution in [0.4, 0.5) is 10.1 Å². The highest BCUT2D eigenvalue weighted by Gasteiger charge is 2.51. The first kappa shape index (κ1) is 24.8. The number of alkyl halides is 1. The maximum absolute atomic E-state index is 15.8. The highest BCUT2D eigenvalue weighted by atomic mass is 19.1. The number of nitrogens with one attached hydrogen (secondary N) is 1. The molecule has 3 aromatic rings. The first-order valence-corrected chi connectivity index (χ1v) is 14.1. The zero-order valence-corrected chi connectivity index (χ0v) is 22.6. The van der Waals surface area contributed by atoms with E-state index in [9.17, 15) is 4.79 Å². The molecule has 1 aromatic carbocycles. The Morgan fingerprint density at radius 3 is 2.64 bits per heavy atom. The van der Waals surface area contributed by atoms with Gasteiger partial charge in [-0.05, 0) is 86.4 Å². The summed E-state index contributed by atoms with van der Waals surface area (Å²) in [5, 5.41) is 10.9. The topological polar surface area (TPSA) is 85.2 Å². The van der Waals surface area contributed by atoms with Crippen LogP contribution in [0.1, 0.15) is 90.3 Å². The van der Waals surface area contributed by atoms with Crippen LogP contribution in [0.5, 0.6) is 0 Å². The molecule has 0 bridgehead atoms. The fourth-order valence-electron chi connectivity index (χ4n) is 6.27. The molecule has 1 N–H and O–H groups in total. The van der Waals surface area contributed by atoms with Gasteiger partial charge in [0, 0.05) is 36.9 Å². The van der Waals surface area contributed by atoms with Gasteiger partial charge in [-0.15, -0.1) is 10.2 Å². The van der Waals surface area contributed by atoms with Crippen LogP contribution in [0.2, 0.25) is 0 Å². The Balaban J connectivity index is 1.13. The minimum Gasteiger partial charge on any atom is -0.379 e. The van der Waals surface area contributed by atoms with Crippen LogP contribution in [0.3, 0.4) is 0 Å². The first-order valence-electron chi connectivity index (χ1n) is 14.1. The molecule has 2 aliphatic carbocycles.